The molecule has 3 N–H and O–H groups in total. The summed E-state index contributed by atoms with van der Waals surface area (Å²) in [5.41, 5.74) is 1.21. The van der Waals surface area contributed by atoms with Crippen molar-refractivity contribution in [2.45, 2.75) is 24.8 Å². The summed E-state index contributed by atoms with van der Waals surface area (Å²) in [4.78, 5) is 27.2. The van der Waals surface area contributed by atoms with Gasteiger partial charge in [0.2, 0.25) is 21.8 Å². The third-order valence-electron chi connectivity index (χ3n) is 3.79. The summed E-state index contributed by atoms with van der Waals surface area (Å²) < 4.78 is 41.3. The van der Waals surface area contributed by atoms with Gasteiger partial charge in [0.05, 0.1) is 16.3 Å². The van der Waals surface area contributed by atoms with Crippen LogP contribution in [-0.2, 0) is 19.6 Å². The van der Waals surface area contributed by atoms with Crippen molar-refractivity contribution in [2.24, 2.45) is 0 Å². The van der Waals surface area contributed by atoms with Gasteiger partial charge in [0.1, 0.15) is 10.7 Å². The number of aromatic nitrogens is 1. The lowest BCUT2D eigenvalue weighted by molar-refractivity contribution is -0.117. The number of sulfonamides is 1. The Hall–Kier alpha value is -2.89. The van der Waals surface area contributed by atoms with Crippen molar-refractivity contribution in [3.8, 4) is 0 Å². The second-order valence-corrected chi connectivity index (χ2v) is 8.86. The van der Waals surface area contributed by atoms with E-state index in [4.69, 9.17) is 0 Å². The highest BCUT2D eigenvalue weighted by molar-refractivity contribution is 7.89. The maximum Gasteiger partial charge on any atom is 0.244 e. The minimum Gasteiger partial charge on any atom is -0.326 e. The average Bonchev–Trinajstić information content (AvgIpc) is 3.02. The molecule has 0 aliphatic rings. The first-order valence-electron chi connectivity index (χ1n) is 8.41. The molecule has 29 heavy (non-hydrogen) atoms. The molecule has 0 spiro atoms. The van der Waals surface area contributed by atoms with E-state index in [1.807, 2.05) is 0 Å². The molecule has 11 heteroatoms. The van der Waals surface area contributed by atoms with Crippen molar-refractivity contribution in [2.75, 3.05) is 10.6 Å². The third kappa shape index (κ3) is 4.94. The summed E-state index contributed by atoms with van der Waals surface area (Å²) in [6.45, 7) is 2.74. The van der Waals surface area contributed by atoms with Crippen molar-refractivity contribution in [3.63, 3.8) is 0 Å². The molecule has 3 rings (SSSR count). The number of carbonyl (C=O) groups is 2. The molecule has 0 aliphatic carbocycles. The molecule has 1 aromatic heterocycles. The predicted molar refractivity (Wildman–Crippen MR) is 109 cm³/mol. The zero-order valence-corrected chi connectivity index (χ0v) is 17.0. The van der Waals surface area contributed by atoms with E-state index in [-0.39, 0.29) is 11.0 Å². The van der Waals surface area contributed by atoms with E-state index in [1.165, 1.54) is 37.3 Å². The molecule has 0 bridgehead atoms. The second kappa shape index (κ2) is 8.23. The highest BCUT2D eigenvalue weighted by Gasteiger charge is 2.25. The topological polar surface area (TPSA) is 117 Å². The number of nitrogens with zero attached hydrogens (tertiary/aromatic N) is 1. The Morgan fingerprint density at radius 2 is 1.86 bits per heavy atom. The summed E-state index contributed by atoms with van der Waals surface area (Å²) in [5.74, 6) is -1.77. The van der Waals surface area contributed by atoms with Gasteiger partial charge in [-0.25, -0.2) is 17.8 Å². The van der Waals surface area contributed by atoms with Gasteiger partial charge >= 0.3 is 0 Å². The van der Waals surface area contributed by atoms with E-state index in [9.17, 15) is 22.4 Å². The third-order valence-corrected chi connectivity index (χ3v) is 6.30. The number of nitrogens with one attached hydrogen (secondary N) is 3. The minimum atomic E-state index is -4.21. The van der Waals surface area contributed by atoms with E-state index in [2.05, 4.69) is 20.3 Å². The lowest BCUT2D eigenvalue weighted by atomic mass is 10.3. The van der Waals surface area contributed by atoms with E-state index in [0.717, 1.165) is 16.8 Å². The van der Waals surface area contributed by atoms with Crippen molar-refractivity contribution >= 4 is 54.2 Å². The fraction of sp³-hybridized carbons (Fsp3) is 0.167. The molecule has 0 radical (unpaired) electrons. The fourth-order valence-corrected chi connectivity index (χ4v) is 4.68. The van der Waals surface area contributed by atoms with Crippen LogP contribution in [0.15, 0.2) is 47.4 Å². The SMILES string of the molecule is CC(=O)Nc1ccc2nc(NC(=O)[C@H](C)NS(=O)(=O)c3ccccc3F)sc2c1. The number of rotatable bonds is 6. The maximum atomic E-state index is 13.8. The fourth-order valence-electron chi connectivity index (χ4n) is 2.49. The summed E-state index contributed by atoms with van der Waals surface area (Å²) in [6, 6.07) is 8.82. The van der Waals surface area contributed by atoms with Crippen molar-refractivity contribution in [1.82, 2.24) is 9.71 Å². The highest BCUT2D eigenvalue weighted by Crippen LogP contribution is 2.28. The number of fused-ring (bicyclic) bond motifs is 1. The van der Waals surface area contributed by atoms with Crippen molar-refractivity contribution in [1.29, 1.82) is 0 Å². The standard InChI is InChI=1S/C18H17FN4O4S2/c1-10(23-29(26,27)16-6-4-3-5-13(16)19)17(25)22-18-21-14-8-7-12(20-11(2)24)9-15(14)28-18/h3-10,23H,1-2H3,(H,20,24)(H,21,22,25)/t10-/m0/s1. The smallest absolute Gasteiger partial charge is 0.244 e. The summed E-state index contributed by atoms with van der Waals surface area (Å²) >= 11 is 1.17. The second-order valence-electron chi connectivity index (χ2n) is 6.15. The lowest BCUT2D eigenvalue weighted by Gasteiger charge is -2.13. The molecule has 0 saturated heterocycles. The van der Waals surface area contributed by atoms with E-state index >= 15 is 0 Å². The number of hydrogen-bond donors (Lipinski definition) is 3. The minimum absolute atomic E-state index is 0.210. The number of halogens is 1. The van der Waals surface area contributed by atoms with Gasteiger partial charge in [-0.3, -0.25) is 9.59 Å². The zero-order valence-electron chi connectivity index (χ0n) is 15.4. The van der Waals surface area contributed by atoms with Crippen LogP contribution in [0.5, 0.6) is 0 Å². The van der Waals surface area contributed by atoms with Gasteiger partial charge in [0.25, 0.3) is 0 Å². The van der Waals surface area contributed by atoms with Crippen LogP contribution in [0.2, 0.25) is 0 Å². The Balaban J connectivity index is 1.72. The first-order valence-corrected chi connectivity index (χ1v) is 10.7. The Morgan fingerprint density at radius 3 is 2.55 bits per heavy atom. The lowest BCUT2D eigenvalue weighted by Crippen LogP contribution is -2.41. The van der Waals surface area contributed by atoms with Crippen LogP contribution in [0.25, 0.3) is 10.2 Å². The number of anilines is 2. The molecule has 1 heterocycles. The van der Waals surface area contributed by atoms with Crippen molar-refractivity contribution < 1.29 is 22.4 Å². The Bertz CT molecular complexity index is 1190. The van der Waals surface area contributed by atoms with E-state index in [1.54, 1.807) is 18.2 Å². The molecule has 152 valence electrons. The van der Waals surface area contributed by atoms with E-state index < -0.39 is 32.7 Å². The largest absolute Gasteiger partial charge is 0.326 e. The molecule has 0 unspecified atom stereocenters. The Morgan fingerprint density at radius 1 is 1.14 bits per heavy atom. The number of benzene rings is 2. The van der Waals surface area contributed by atoms with Crippen LogP contribution in [-0.4, -0.2) is 31.3 Å². The zero-order chi connectivity index (χ0) is 21.2. The van der Waals surface area contributed by atoms with Crippen molar-refractivity contribution in [3.05, 3.63) is 48.3 Å². The normalized spacial score (nSPS) is 12.5. The van der Waals surface area contributed by atoms with Gasteiger partial charge in [-0.2, -0.15) is 4.72 Å². The highest BCUT2D eigenvalue weighted by atomic mass is 32.2. The first kappa shape index (κ1) is 20.8. The Kier molecular flexibility index (Phi) is 5.91. The van der Waals surface area contributed by atoms with Gasteiger partial charge in [0.15, 0.2) is 5.13 Å². The first-order chi connectivity index (χ1) is 13.7. The van der Waals surface area contributed by atoms with Crippen LogP contribution in [0.1, 0.15) is 13.8 Å². The molecule has 0 fully saturated rings. The van der Waals surface area contributed by atoms with Gasteiger partial charge in [-0.05, 0) is 37.3 Å². The molecule has 1 atom stereocenters. The van der Waals surface area contributed by atoms with Gasteiger partial charge in [0, 0.05) is 12.6 Å². The quantitative estimate of drug-likeness (QED) is 0.549. The Labute approximate surface area is 170 Å². The molecular formula is C18H17FN4O4S2. The number of hydrogen-bond acceptors (Lipinski definition) is 6. The van der Waals surface area contributed by atoms with Gasteiger partial charge in [-0.15, -0.1) is 0 Å². The van der Waals surface area contributed by atoms with E-state index in [0.29, 0.717) is 11.2 Å². The monoisotopic (exact) mass is 436 g/mol. The molecular weight excluding hydrogens is 419 g/mol. The summed E-state index contributed by atoms with van der Waals surface area (Å²) in [5, 5.41) is 5.46. The van der Waals surface area contributed by atoms with Crippen LogP contribution in [0.4, 0.5) is 15.2 Å². The predicted octanol–water partition coefficient (Wildman–Crippen LogP) is 2.70. The van der Waals surface area contributed by atoms with Gasteiger partial charge in [-0.1, -0.05) is 23.5 Å². The number of carbonyl (C=O) groups excluding carboxylic acids is 2. The van der Waals surface area contributed by atoms with Crippen LogP contribution in [0, 0.1) is 5.82 Å². The molecule has 0 aliphatic heterocycles. The molecule has 0 saturated carbocycles. The summed E-state index contributed by atoms with van der Waals surface area (Å²) in [6.07, 6.45) is 0. The van der Waals surface area contributed by atoms with Crippen LogP contribution >= 0.6 is 11.3 Å². The summed E-state index contributed by atoms with van der Waals surface area (Å²) in [7, 11) is -4.21. The van der Waals surface area contributed by atoms with Gasteiger partial charge < -0.3 is 10.6 Å². The molecule has 3 aromatic rings. The maximum absolute atomic E-state index is 13.8. The molecule has 2 amide bonds. The van der Waals surface area contributed by atoms with Crippen LogP contribution < -0.4 is 15.4 Å². The van der Waals surface area contributed by atoms with Crippen LogP contribution in [0.3, 0.4) is 0 Å². The number of thiazole rings is 1. The average molecular weight is 436 g/mol. The number of amides is 2. The molecule has 8 nitrogen and oxygen atoms in total. The molecule has 2 aromatic carbocycles.